The zero-order valence-electron chi connectivity index (χ0n) is 12.4. The van der Waals surface area contributed by atoms with E-state index >= 15 is 0 Å². The van der Waals surface area contributed by atoms with E-state index in [1.807, 2.05) is 22.4 Å². The third-order valence-corrected chi connectivity index (χ3v) is 5.94. The standard InChI is InChI=1S/C15H21N3O2S2/c19-14(17-9-12-2-1-4-22-12)7-11-6-13(16-8-11)15(20)18-3-5-21-10-18/h1-2,4,11,13,16H,3,5-10H2,(H,17,19)/t11?,13-/m0/s1. The number of carbonyl (C=O) groups is 2. The third-order valence-electron chi connectivity index (χ3n) is 4.10. The van der Waals surface area contributed by atoms with Crippen molar-refractivity contribution in [3.8, 4) is 0 Å². The minimum absolute atomic E-state index is 0.0741. The van der Waals surface area contributed by atoms with Crippen LogP contribution < -0.4 is 10.6 Å². The Labute approximate surface area is 138 Å². The van der Waals surface area contributed by atoms with Crippen LogP contribution in [0, 0.1) is 5.92 Å². The van der Waals surface area contributed by atoms with Gasteiger partial charge in [0.1, 0.15) is 0 Å². The summed E-state index contributed by atoms with van der Waals surface area (Å²) in [6, 6.07) is 3.90. The lowest BCUT2D eigenvalue weighted by molar-refractivity contribution is -0.131. The maximum atomic E-state index is 12.3. The van der Waals surface area contributed by atoms with Crippen molar-refractivity contribution < 1.29 is 9.59 Å². The minimum atomic E-state index is -0.103. The van der Waals surface area contributed by atoms with Gasteiger partial charge in [-0.2, -0.15) is 0 Å². The Bertz CT molecular complexity index is 515. The van der Waals surface area contributed by atoms with Gasteiger partial charge in [-0.25, -0.2) is 0 Å². The van der Waals surface area contributed by atoms with Gasteiger partial charge in [0.15, 0.2) is 0 Å². The van der Waals surface area contributed by atoms with E-state index in [0.717, 1.165) is 36.0 Å². The molecule has 2 amide bonds. The van der Waals surface area contributed by atoms with Crippen molar-refractivity contribution in [3.63, 3.8) is 0 Å². The Kier molecular flexibility index (Phi) is 5.38. The van der Waals surface area contributed by atoms with Crippen molar-refractivity contribution in [1.82, 2.24) is 15.5 Å². The topological polar surface area (TPSA) is 61.4 Å². The van der Waals surface area contributed by atoms with Crippen LogP contribution in [0.2, 0.25) is 0 Å². The van der Waals surface area contributed by atoms with Crippen LogP contribution in [0.15, 0.2) is 17.5 Å². The van der Waals surface area contributed by atoms with Gasteiger partial charge in [0.2, 0.25) is 11.8 Å². The Morgan fingerprint density at radius 3 is 3.09 bits per heavy atom. The Morgan fingerprint density at radius 1 is 1.45 bits per heavy atom. The number of amides is 2. The molecule has 2 aliphatic rings. The highest BCUT2D eigenvalue weighted by molar-refractivity contribution is 7.99. The van der Waals surface area contributed by atoms with Gasteiger partial charge in [0.05, 0.1) is 18.5 Å². The highest BCUT2D eigenvalue weighted by Crippen LogP contribution is 2.22. The highest BCUT2D eigenvalue weighted by atomic mass is 32.2. The van der Waals surface area contributed by atoms with Gasteiger partial charge in [-0.15, -0.1) is 23.1 Å². The summed E-state index contributed by atoms with van der Waals surface area (Å²) in [5.74, 6) is 2.37. The predicted molar refractivity (Wildman–Crippen MR) is 89.7 cm³/mol. The molecule has 2 aliphatic heterocycles. The average Bonchev–Trinajstić information content (AvgIpc) is 3.26. The van der Waals surface area contributed by atoms with E-state index in [-0.39, 0.29) is 23.8 Å². The third kappa shape index (κ3) is 4.02. The minimum Gasteiger partial charge on any atom is -0.351 e. The molecule has 0 aromatic carbocycles. The van der Waals surface area contributed by atoms with E-state index in [1.54, 1.807) is 23.1 Å². The number of thiophene rings is 1. The van der Waals surface area contributed by atoms with E-state index in [2.05, 4.69) is 10.6 Å². The fourth-order valence-corrected chi connectivity index (χ4v) is 4.49. The zero-order chi connectivity index (χ0) is 15.4. The van der Waals surface area contributed by atoms with Crippen molar-refractivity contribution in [2.24, 2.45) is 5.92 Å². The largest absolute Gasteiger partial charge is 0.351 e. The first-order chi connectivity index (χ1) is 10.7. The van der Waals surface area contributed by atoms with Crippen LogP contribution in [0.1, 0.15) is 17.7 Å². The van der Waals surface area contributed by atoms with Crippen LogP contribution in [-0.2, 0) is 16.1 Å². The van der Waals surface area contributed by atoms with E-state index in [1.165, 1.54) is 0 Å². The van der Waals surface area contributed by atoms with Crippen molar-refractivity contribution in [3.05, 3.63) is 22.4 Å². The molecule has 2 fully saturated rings. The second kappa shape index (κ2) is 7.48. The summed E-state index contributed by atoms with van der Waals surface area (Å²) in [7, 11) is 0. The summed E-state index contributed by atoms with van der Waals surface area (Å²) < 4.78 is 0. The summed E-state index contributed by atoms with van der Waals surface area (Å²) in [6.07, 6.45) is 1.27. The van der Waals surface area contributed by atoms with Crippen molar-refractivity contribution in [1.29, 1.82) is 0 Å². The molecule has 22 heavy (non-hydrogen) atoms. The molecule has 2 saturated heterocycles. The Balaban J connectivity index is 1.40. The van der Waals surface area contributed by atoms with Crippen molar-refractivity contribution >= 4 is 34.9 Å². The SMILES string of the molecule is O=C(CC1CN[C@H](C(=O)N2CCSC2)C1)NCc1cccs1. The Morgan fingerprint density at radius 2 is 2.36 bits per heavy atom. The van der Waals surface area contributed by atoms with E-state index in [4.69, 9.17) is 0 Å². The first-order valence-corrected chi connectivity index (χ1v) is 9.65. The first kappa shape index (κ1) is 15.8. The average molecular weight is 339 g/mol. The number of thioether (sulfide) groups is 1. The van der Waals surface area contributed by atoms with E-state index in [9.17, 15) is 9.59 Å². The molecule has 0 aliphatic carbocycles. The van der Waals surface area contributed by atoms with Gasteiger partial charge in [0, 0.05) is 23.6 Å². The molecule has 3 rings (SSSR count). The summed E-state index contributed by atoms with van der Waals surface area (Å²) >= 11 is 3.45. The molecule has 0 bridgehead atoms. The number of nitrogens with one attached hydrogen (secondary N) is 2. The number of carbonyl (C=O) groups excluding carboxylic acids is 2. The lowest BCUT2D eigenvalue weighted by Gasteiger charge is -2.19. The lowest BCUT2D eigenvalue weighted by Crippen LogP contribution is -2.42. The van der Waals surface area contributed by atoms with Gasteiger partial charge < -0.3 is 15.5 Å². The summed E-state index contributed by atoms with van der Waals surface area (Å²) in [4.78, 5) is 27.4. The molecule has 120 valence electrons. The summed E-state index contributed by atoms with van der Waals surface area (Å²) in [5, 5.41) is 8.25. The normalized spacial score (nSPS) is 24.6. The van der Waals surface area contributed by atoms with E-state index < -0.39 is 0 Å². The summed E-state index contributed by atoms with van der Waals surface area (Å²) in [6.45, 7) is 2.21. The molecule has 0 spiro atoms. The van der Waals surface area contributed by atoms with Crippen molar-refractivity contribution in [2.75, 3.05) is 24.7 Å². The lowest BCUT2D eigenvalue weighted by atomic mass is 10.0. The van der Waals surface area contributed by atoms with Gasteiger partial charge >= 0.3 is 0 Å². The van der Waals surface area contributed by atoms with Gasteiger partial charge in [-0.3, -0.25) is 9.59 Å². The number of hydrogen-bond acceptors (Lipinski definition) is 5. The molecule has 1 aromatic heterocycles. The number of hydrogen-bond donors (Lipinski definition) is 2. The molecular weight excluding hydrogens is 318 g/mol. The van der Waals surface area contributed by atoms with Gasteiger partial charge in [-0.1, -0.05) is 6.07 Å². The van der Waals surface area contributed by atoms with Crippen LogP contribution in [0.3, 0.4) is 0 Å². The van der Waals surface area contributed by atoms with Crippen LogP contribution in [0.5, 0.6) is 0 Å². The maximum Gasteiger partial charge on any atom is 0.240 e. The molecule has 1 unspecified atom stereocenters. The van der Waals surface area contributed by atoms with Crippen LogP contribution in [0.4, 0.5) is 0 Å². The molecule has 0 radical (unpaired) electrons. The highest BCUT2D eigenvalue weighted by Gasteiger charge is 2.34. The van der Waals surface area contributed by atoms with Crippen LogP contribution in [0.25, 0.3) is 0 Å². The first-order valence-electron chi connectivity index (χ1n) is 7.61. The number of rotatable bonds is 5. The fourth-order valence-electron chi connectivity index (χ4n) is 2.89. The van der Waals surface area contributed by atoms with Gasteiger partial charge in [-0.05, 0) is 30.3 Å². The second-order valence-electron chi connectivity index (χ2n) is 5.76. The molecule has 2 atom stereocenters. The predicted octanol–water partition coefficient (Wildman–Crippen LogP) is 1.27. The molecule has 1 aromatic rings. The van der Waals surface area contributed by atoms with Crippen LogP contribution in [-0.4, -0.2) is 47.5 Å². The molecule has 7 heteroatoms. The number of nitrogens with zero attached hydrogens (tertiary/aromatic N) is 1. The maximum absolute atomic E-state index is 12.3. The Hall–Kier alpha value is -1.05. The van der Waals surface area contributed by atoms with Crippen LogP contribution >= 0.6 is 23.1 Å². The van der Waals surface area contributed by atoms with E-state index in [0.29, 0.717) is 13.0 Å². The quantitative estimate of drug-likeness (QED) is 0.848. The zero-order valence-corrected chi connectivity index (χ0v) is 14.0. The monoisotopic (exact) mass is 339 g/mol. The van der Waals surface area contributed by atoms with Gasteiger partial charge in [0.25, 0.3) is 0 Å². The van der Waals surface area contributed by atoms with Crippen molar-refractivity contribution in [2.45, 2.75) is 25.4 Å². The molecule has 3 heterocycles. The summed E-state index contributed by atoms with van der Waals surface area (Å²) in [5.41, 5.74) is 0. The smallest absolute Gasteiger partial charge is 0.240 e. The molecule has 5 nitrogen and oxygen atoms in total. The fraction of sp³-hybridized carbons (Fsp3) is 0.600. The molecule has 2 N–H and O–H groups in total. The molecular formula is C15H21N3O2S2. The second-order valence-corrected chi connectivity index (χ2v) is 7.87. The molecule has 0 saturated carbocycles.